The number of rotatable bonds is 2. The van der Waals surface area contributed by atoms with Gasteiger partial charge in [-0.1, -0.05) is 11.6 Å². The minimum atomic E-state index is -0.320. The van der Waals surface area contributed by atoms with Gasteiger partial charge in [-0.05, 0) is 6.08 Å². The highest BCUT2D eigenvalue weighted by atomic mass is 35.5. The monoisotopic (exact) mass is 204 g/mol. The standard InChI is InChI=1S/C9H15ClNO2/c10-6-11-3-1-7(5-12)9(11)8(13)2-4-11/h1,8-9,12-13H,2-6H2/q+1/t8-,9-,11?/m1/s1. The molecule has 74 valence electrons. The summed E-state index contributed by atoms with van der Waals surface area (Å²) in [6, 6.07) is 0.587. The average molecular weight is 205 g/mol. The van der Waals surface area contributed by atoms with Gasteiger partial charge in [0.2, 0.25) is 0 Å². The molecule has 0 aliphatic carbocycles. The molecule has 2 heterocycles. The molecule has 2 aliphatic rings. The molecule has 0 spiro atoms. The number of nitrogens with zero attached hydrogens (tertiary/aromatic N) is 1. The van der Waals surface area contributed by atoms with Crippen molar-refractivity contribution in [2.24, 2.45) is 0 Å². The number of aliphatic hydroxyl groups is 2. The molecule has 0 aromatic heterocycles. The first-order valence-electron chi connectivity index (χ1n) is 4.63. The third-order valence-electron chi connectivity index (χ3n) is 3.34. The van der Waals surface area contributed by atoms with Crippen LogP contribution in [0.25, 0.3) is 0 Å². The second kappa shape index (κ2) is 3.24. The van der Waals surface area contributed by atoms with Crippen LogP contribution in [-0.4, -0.2) is 52.5 Å². The van der Waals surface area contributed by atoms with E-state index in [0.717, 1.165) is 29.6 Å². The van der Waals surface area contributed by atoms with Crippen molar-refractivity contribution in [3.05, 3.63) is 11.6 Å². The highest BCUT2D eigenvalue weighted by Gasteiger charge is 2.51. The number of halogens is 1. The van der Waals surface area contributed by atoms with E-state index in [4.69, 9.17) is 16.7 Å². The summed E-state index contributed by atoms with van der Waals surface area (Å²) >= 11 is 5.93. The Balaban J connectivity index is 2.26. The maximum atomic E-state index is 9.77. The maximum absolute atomic E-state index is 9.77. The fourth-order valence-electron chi connectivity index (χ4n) is 2.62. The summed E-state index contributed by atoms with van der Waals surface area (Å²) in [6.07, 6.45) is 2.50. The summed E-state index contributed by atoms with van der Waals surface area (Å²) in [4.78, 5) is 0. The summed E-state index contributed by atoms with van der Waals surface area (Å²) in [7, 11) is 0. The molecule has 1 unspecified atom stereocenters. The number of aliphatic hydroxyl groups excluding tert-OH is 2. The summed E-state index contributed by atoms with van der Waals surface area (Å²) in [5, 5.41) is 18.9. The Morgan fingerprint density at radius 3 is 3.00 bits per heavy atom. The summed E-state index contributed by atoms with van der Waals surface area (Å²) in [5.41, 5.74) is 0.964. The summed E-state index contributed by atoms with van der Waals surface area (Å²) in [5.74, 6) is 0. The van der Waals surface area contributed by atoms with Gasteiger partial charge in [0.05, 0.1) is 19.7 Å². The SMILES string of the molecule is OCC1=CC[N+]2(CCl)CC[C@@H](O)[C@@H]12. The molecule has 0 aromatic rings. The number of quaternary nitrogens is 1. The topological polar surface area (TPSA) is 40.5 Å². The third-order valence-corrected chi connectivity index (χ3v) is 3.82. The molecule has 0 radical (unpaired) electrons. The van der Waals surface area contributed by atoms with E-state index in [2.05, 4.69) is 0 Å². The minimum absolute atomic E-state index is 0.0542. The fraction of sp³-hybridized carbons (Fsp3) is 0.778. The molecule has 0 bridgehead atoms. The fourth-order valence-corrected chi connectivity index (χ4v) is 2.98. The summed E-state index contributed by atoms with van der Waals surface area (Å²) in [6.45, 7) is 1.84. The van der Waals surface area contributed by atoms with E-state index in [9.17, 15) is 5.11 Å². The Morgan fingerprint density at radius 1 is 1.62 bits per heavy atom. The van der Waals surface area contributed by atoms with Crippen LogP contribution in [0.1, 0.15) is 6.42 Å². The van der Waals surface area contributed by atoms with Crippen LogP contribution in [-0.2, 0) is 0 Å². The van der Waals surface area contributed by atoms with Gasteiger partial charge < -0.3 is 10.2 Å². The molecule has 2 rings (SSSR count). The van der Waals surface area contributed by atoms with E-state index >= 15 is 0 Å². The van der Waals surface area contributed by atoms with Crippen molar-refractivity contribution in [2.75, 3.05) is 25.7 Å². The van der Waals surface area contributed by atoms with E-state index in [1.165, 1.54) is 0 Å². The van der Waals surface area contributed by atoms with Crippen molar-refractivity contribution in [1.29, 1.82) is 0 Å². The van der Waals surface area contributed by atoms with Crippen LogP contribution >= 0.6 is 11.6 Å². The molecule has 0 saturated carbocycles. The maximum Gasteiger partial charge on any atom is 0.155 e. The number of hydrogen-bond acceptors (Lipinski definition) is 2. The number of hydrogen-bond donors (Lipinski definition) is 2. The van der Waals surface area contributed by atoms with Crippen molar-refractivity contribution >= 4 is 11.6 Å². The van der Waals surface area contributed by atoms with Gasteiger partial charge in [-0.2, -0.15) is 0 Å². The van der Waals surface area contributed by atoms with Crippen LogP contribution in [0.15, 0.2) is 11.6 Å². The molecule has 0 aromatic carbocycles. The smallest absolute Gasteiger partial charge is 0.155 e. The van der Waals surface area contributed by atoms with Crippen LogP contribution in [0.3, 0.4) is 0 Å². The van der Waals surface area contributed by atoms with E-state index in [1.54, 1.807) is 0 Å². The lowest BCUT2D eigenvalue weighted by atomic mass is 10.1. The van der Waals surface area contributed by atoms with Gasteiger partial charge in [0, 0.05) is 12.0 Å². The highest BCUT2D eigenvalue weighted by molar-refractivity contribution is 6.17. The van der Waals surface area contributed by atoms with Gasteiger partial charge >= 0.3 is 0 Å². The predicted molar refractivity (Wildman–Crippen MR) is 50.3 cm³/mol. The van der Waals surface area contributed by atoms with Gasteiger partial charge in [-0.3, -0.25) is 4.48 Å². The van der Waals surface area contributed by atoms with Crippen LogP contribution in [0, 0.1) is 0 Å². The Hall–Kier alpha value is -0.0900. The normalized spacial score (nSPS) is 43.5. The lowest BCUT2D eigenvalue weighted by Gasteiger charge is -2.33. The van der Waals surface area contributed by atoms with Crippen molar-refractivity contribution in [2.45, 2.75) is 18.6 Å². The molecular formula is C9H15ClNO2+. The van der Waals surface area contributed by atoms with Gasteiger partial charge in [-0.15, -0.1) is 0 Å². The molecule has 2 N–H and O–H groups in total. The quantitative estimate of drug-likeness (QED) is 0.289. The molecule has 13 heavy (non-hydrogen) atoms. The Kier molecular flexibility index (Phi) is 2.36. The largest absolute Gasteiger partial charge is 0.392 e. The highest BCUT2D eigenvalue weighted by Crippen LogP contribution is 2.37. The zero-order valence-corrected chi connectivity index (χ0v) is 8.24. The first-order valence-corrected chi connectivity index (χ1v) is 5.16. The van der Waals surface area contributed by atoms with Gasteiger partial charge in [0.1, 0.15) is 12.1 Å². The average Bonchev–Trinajstić information content (AvgIpc) is 2.66. The van der Waals surface area contributed by atoms with E-state index < -0.39 is 0 Å². The van der Waals surface area contributed by atoms with Gasteiger partial charge in [0.25, 0.3) is 0 Å². The summed E-state index contributed by atoms with van der Waals surface area (Å²) < 4.78 is 0.735. The first-order chi connectivity index (χ1) is 6.23. The molecule has 4 heteroatoms. The first kappa shape index (κ1) is 9.46. The van der Waals surface area contributed by atoms with E-state index in [0.29, 0.717) is 6.00 Å². The number of fused-ring (bicyclic) bond motifs is 1. The van der Waals surface area contributed by atoms with Gasteiger partial charge in [0.15, 0.2) is 6.00 Å². The van der Waals surface area contributed by atoms with Crippen LogP contribution in [0.4, 0.5) is 0 Å². The number of alkyl halides is 1. The van der Waals surface area contributed by atoms with Crippen molar-refractivity contribution < 1.29 is 14.7 Å². The van der Waals surface area contributed by atoms with Crippen molar-refractivity contribution in [3.8, 4) is 0 Å². The van der Waals surface area contributed by atoms with E-state index in [1.807, 2.05) is 6.08 Å². The lowest BCUT2D eigenvalue weighted by molar-refractivity contribution is -0.915. The molecular weight excluding hydrogens is 190 g/mol. The minimum Gasteiger partial charge on any atom is -0.392 e. The molecule has 0 amide bonds. The zero-order valence-electron chi connectivity index (χ0n) is 7.49. The van der Waals surface area contributed by atoms with Crippen LogP contribution in [0.5, 0.6) is 0 Å². The van der Waals surface area contributed by atoms with Crippen LogP contribution in [0.2, 0.25) is 0 Å². The van der Waals surface area contributed by atoms with Crippen molar-refractivity contribution in [3.63, 3.8) is 0 Å². The van der Waals surface area contributed by atoms with Gasteiger partial charge in [-0.25, -0.2) is 0 Å². The molecule has 3 atom stereocenters. The Morgan fingerprint density at radius 2 is 2.38 bits per heavy atom. The Bertz CT molecular complexity index is 244. The second-order valence-electron chi connectivity index (χ2n) is 3.98. The van der Waals surface area contributed by atoms with Crippen molar-refractivity contribution in [1.82, 2.24) is 0 Å². The lowest BCUT2D eigenvalue weighted by Crippen LogP contribution is -2.50. The second-order valence-corrected chi connectivity index (χ2v) is 4.22. The molecule has 1 fully saturated rings. The van der Waals surface area contributed by atoms with E-state index in [-0.39, 0.29) is 18.8 Å². The molecule has 3 nitrogen and oxygen atoms in total. The zero-order chi connectivity index (χ0) is 9.47. The molecule has 2 aliphatic heterocycles. The molecule has 1 saturated heterocycles. The Labute approximate surface area is 82.8 Å². The third kappa shape index (κ3) is 1.22. The van der Waals surface area contributed by atoms with Crippen LogP contribution < -0.4 is 0 Å². The predicted octanol–water partition coefficient (Wildman–Crippen LogP) is 0.0650.